The first-order valence-corrected chi connectivity index (χ1v) is 10.4. The number of carbonyl (C=O) groups is 1. The minimum atomic E-state index is -0.446. The van der Waals surface area contributed by atoms with Gasteiger partial charge >= 0.3 is 6.09 Å². The normalized spacial score (nSPS) is 12.1. The molecule has 0 radical (unpaired) electrons. The third kappa shape index (κ3) is 4.98. The minimum absolute atomic E-state index is 0.0528. The fourth-order valence-corrected chi connectivity index (χ4v) is 3.80. The number of amides is 1. The summed E-state index contributed by atoms with van der Waals surface area (Å²) in [6.07, 6.45) is -0.446. The van der Waals surface area contributed by atoms with E-state index in [1.165, 1.54) is 22.3 Å². The molecule has 0 heterocycles. The first kappa shape index (κ1) is 20.8. The van der Waals surface area contributed by atoms with Crippen molar-refractivity contribution < 1.29 is 19.0 Å². The number of hydrogen-bond donors (Lipinski definition) is 2. The molecule has 0 saturated heterocycles. The number of nitrogen functional groups attached to an aromatic ring is 1. The van der Waals surface area contributed by atoms with E-state index in [0.717, 1.165) is 0 Å². The van der Waals surface area contributed by atoms with Crippen LogP contribution in [0.5, 0.6) is 5.75 Å². The average Bonchev–Trinajstić information content (AvgIpc) is 3.12. The van der Waals surface area contributed by atoms with Gasteiger partial charge in [-0.05, 0) is 34.4 Å². The molecule has 0 fully saturated rings. The molecule has 1 aliphatic carbocycles. The van der Waals surface area contributed by atoms with Crippen molar-refractivity contribution in [2.24, 2.45) is 0 Å². The summed E-state index contributed by atoms with van der Waals surface area (Å²) in [5.74, 6) is 0.694. The van der Waals surface area contributed by atoms with Crippen LogP contribution in [0.3, 0.4) is 0 Å². The van der Waals surface area contributed by atoms with Crippen LogP contribution in [0.2, 0.25) is 0 Å². The van der Waals surface area contributed by atoms with Gasteiger partial charge in [-0.2, -0.15) is 0 Å². The Bertz CT molecular complexity index is 992. The van der Waals surface area contributed by atoms with E-state index in [-0.39, 0.29) is 5.92 Å². The summed E-state index contributed by atoms with van der Waals surface area (Å²) in [5.41, 5.74) is 11.2. The Hall–Kier alpha value is -3.51. The highest BCUT2D eigenvalue weighted by molar-refractivity contribution is 5.79. The van der Waals surface area contributed by atoms with Gasteiger partial charge in [0, 0.05) is 12.5 Å². The van der Waals surface area contributed by atoms with Crippen LogP contribution in [0.4, 0.5) is 10.5 Å². The average molecular weight is 418 g/mol. The van der Waals surface area contributed by atoms with Gasteiger partial charge < -0.3 is 25.3 Å². The lowest BCUT2D eigenvalue weighted by Crippen LogP contribution is -2.29. The number of nitrogens with two attached hydrogens (primary N) is 1. The molecule has 3 N–H and O–H groups in total. The van der Waals surface area contributed by atoms with Gasteiger partial charge in [0.25, 0.3) is 0 Å². The molecule has 0 aliphatic heterocycles. The first-order chi connectivity index (χ1) is 15.2. The van der Waals surface area contributed by atoms with E-state index in [9.17, 15) is 4.79 Å². The van der Waals surface area contributed by atoms with Crippen molar-refractivity contribution in [2.45, 2.75) is 5.92 Å². The van der Waals surface area contributed by atoms with Crippen LogP contribution in [-0.2, 0) is 9.47 Å². The fourth-order valence-electron chi connectivity index (χ4n) is 3.80. The molecule has 0 unspecified atom stereocenters. The van der Waals surface area contributed by atoms with Crippen molar-refractivity contribution in [3.8, 4) is 16.9 Å². The molecule has 4 rings (SSSR count). The van der Waals surface area contributed by atoms with E-state index in [1.807, 2.05) is 42.5 Å². The molecule has 0 saturated carbocycles. The standard InChI is InChI=1S/C25H26N2O4/c26-23-11-5-6-12-24(23)30-16-15-29-14-13-27-25(28)31-17-22-20-9-3-1-7-18(20)19-8-2-4-10-21(19)22/h1-12,22H,13-17,26H2,(H,27,28). The van der Waals surface area contributed by atoms with Gasteiger partial charge in [-0.25, -0.2) is 4.79 Å². The number of nitrogens with one attached hydrogen (secondary N) is 1. The second-order valence-electron chi connectivity index (χ2n) is 7.25. The molecule has 6 nitrogen and oxygen atoms in total. The third-order valence-electron chi connectivity index (χ3n) is 5.26. The van der Waals surface area contributed by atoms with E-state index in [2.05, 4.69) is 29.6 Å². The highest BCUT2D eigenvalue weighted by Crippen LogP contribution is 2.44. The molecule has 0 atom stereocenters. The molecular weight excluding hydrogens is 392 g/mol. The lowest BCUT2D eigenvalue weighted by Gasteiger charge is -2.14. The fraction of sp³-hybridized carbons (Fsp3) is 0.240. The first-order valence-electron chi connectivity index (χ1n) is 10.4. The van der Waals surface area contributed by atoms with E-state index in [4.69, 9.17) is 19.9 Å². The molecular formula is C25H26N2O4. The van der Waals surface area contributed by atoms with Crippen molar-refractivity contribution >= 4 is 11.8 Å². The highest BCUT2D eigenvalue weighted by Gasteiger charge is 2.28. The minimum Gasteiger partial charge on any atom is -0.489 e. The summed E-state index contributed by atoms with van der Waals surface area (Å²) in [6.45, 7) is 1.83. The summed E-state index contributed by atoms with van der Waals surface area (Å²) in [6, 6.07) is 23.8. The zero-order valence-electron chi connectivity index (χ0n) is 17.3. The second kappa shape index (κ2) is 10.00. The Balaban J connectivity index is 1.16. The quantitative estimate of drug-likeness (QED) is 0.402. The van der Waals surface area contributed by atoms with Crippen LogP contribution in [0.1, 0.15) is 17.0 Å². The Morgan fingerprint density at radius 3 is 2.19 bits per heavy atom. The van der Waals surface area contributed by atoms with Gasteiger partial charge in [-0.3, -0.25) is 0 Å². The monoisotopic (exact) mass is 418 g/mol. The lowest BCUT2D eigenvalue weighted by atomic mass is 9.98. The summed E-state index contributed by atoms with van der Waals surface area (Å²) < 4.78 is 16.5. The van der Waals surface area contributed by atoms with Crippen LogP contribution in [0.25, 0.3) is 11.1 Å². The lowest BCUT2D eigenvalue weighted by molar-refractivity contribution is 0.0974. The maximum atomic E-state index is 12.1. The van der Waals surface area contributed by atoms with E-state index >= 15 is 0 Å². The maximum Gasteiger partial charge on any atom is 0.407 e. The molecule has 0 aromatic heterocycles. The van der Waals surface area contributed by atoms with Gasteiger partial charge in [0.2, 0.25) is 0 Å². The predicted octanol–water partition coefficient (Wildman–Crippen LogP) is 4.20. The molecule has 3 aromatic carbocycles. The second-order valence-corrected chi connectivity index (χ2v) is 7.25. The number of alkyl carbamates (subject to hydrolysis) is 1. The Morgan fingerprint density at radius 1 is 0.839 bits per heavy atom. The zero-order chi connectivity index (χ0) is 21.5. The van der Waals surface area contributed by atoms with Crippen molar-refractivity contribution in [3.05, 3.63) is 83.9 Å². The summed E-state index contributed by atoms with van der Waals surface area (Å²) >= 11 is 0. The summed E-state index contributed by atoms with van der Waals surface area (Å²) in [5, 5.41) is 2.73. The third-order valence-corrected chi connectivity index (χ3v) is 5.26. The number of benzene rings is 3. The van der Waals surface area contributed by atoms with Crippen LogP contribution in [-0.4, -0.2) is 39.1 Å². The Morgan fingerprint density at radius 2 is 1.48 bits per heavy atom. The summed E-state index contributed by atoms with van der Waals surface area (Å²) in [7, 11) is 0. The van der Waals surface area contributed by atoms with Gasteiger partial charge in [-0.1, -0.05) is 60.7 Å². The number of anilines is 1. The van der Waals surface area contributed by atoms with E-state index in [0.29, 0.717) is 44.4 Å². The van der Waals surface area contributed by atoms with Crippen LogP contribution < -0.4 is 15.8 Å². The molecule has 31 heavy (non-hydrogen) atoms. The maximum absolute atomic E-state index is 12.1. The largest absolute Gasteiger partial charge is 0.489 e. The van der Waals surface area contributed by atoms with Gasteiger partial charge in [0.15, 0.2) is 0 Å². The van der Waals surface area contributed by atoms with Crippen LogP contribution in [0.15, 0.2) is 72.8 Å². The molecule has 6 heteroatoms. The Labute approximate surface area is 181 Å². The SMILES string of the molecule is Nc1ccccc1OCCOCCNC(=O)OCC1c2ccccc2-c2ccccc21. The van der Waals surface area contributed by atoms with Gasteiger partial charge in [0.05, 0.1) is 18.9 Å². The van der Waals surface area contributed by atoms with Crippen LogP contribution >= 0.6 is 0 Å². The zero-order valence-corrected chi connectivity index (χ0v) is 17.3. The van der Waals surface area contributed by atoms with Crippen molar-refractivity contribution in [3.63, 3.8) is 0 Å². The van der Waals surface area contributed by atoms with Gasteiger partial charge in [0.1, 0.15) is 19.0 Å². The topological polar surface area (TPSA) is 82.8 Å². The molecule has 0 bridgehead atoms. The van der Waals surface area contributed by atoms with Crippen molar-refractivity contribution in [2.75, 3.05) is 38.7 Å². The number of rotatable bonds is 9. The van der Waals surface area contributed by atoms with E-state index < -0.39 is 6.09 Å². The van der Waals surface area contributed by atoms with Gasteiger partial charge in [-0.15, -0.1) is 0 Å². The van der Waals surface area contributed by atoms with E-state index in [1.54, 1.807) is 6.07 Å². The van der Waals surface area contributed by atoms with Crippen molar-refractivity contribution in [1.82, 2.24) is 5.32 Å². The number of fused-ring (bicyclic) bond motifs is 3. The molecule has 1 amide bonds. The van der Waals surface area contributed by atoms with Crippen molar-refractivity contribution in [1.29, 1.82) is 0 Å². The number of carbonyl (C=O) groups excluding carboxylic acids is 1. The smallest absolute Gasteiger partial charge is 0.407 e. The number of para-hydroxylation sites is 2. The molecule has 0 spiro atoms. The predicted molar refractivity (Wildman–Crippen MR) is 120 cm³/mol. The molecule has 1 aliphatic rings. The Kier molecular flexibility index (Phi) is 6.69. The number of ether oxygens (including phenoxy) is 3. The van der Waals surface area contributed by atoms with Crippen LogP contribution in [0, 0.1) is 0 Å². The molecule has 160 valence electrons. The molecule has 3 aromatic rings. The highest BCUT2D eigenvalue weighted by atomic mass is 16.6. The number of hydrogen-bond acceptors (Lipinski definition) is 5. The summed E-state index contributed by atoms with van der Waals surface area (Å²) in [4.78, 5) is 12.1.